The van der Waals surface area contributed by atoms with E-state index >= 15 is 0 Å². The predicted octanol–water partition coefficient (Wildman–Crippen LogP) is 3.13. The first-order chi connectivity index (χ1) is 9.11. The molecule has 0 aliphatic carbocycles. The van der Waals surface area contributed by atoms with Gasteiger partial charge in [0.05, 0.1) is 5.69 Å². The van der Waals surface area contributed by atoms with Crippen molar-refractivity contribution in [1.29, 1.82) is 0 Å². The molecule has 1 aromatic carbocycles. The molecule has 4 heteroatoms. The predicted molar refractivity (Wildman–Crippen MR) is 74.2 cm³/mol. The monoisotopic (exact) mass is 258 g/mol. The van der Waals surface area contributed by atoms with Gasteiger partial charge in [0.25, 0.3) is 0 Å². The van der Waals surface area contributed by atoms with Crippen LogP contribution >= 0.6 is 0 Å². The quantitative estimate of drug-likeness (QED) is 0.896. The molecule has 0 bridgehead atoms. The van der Waals surface area contributed by atoms with Gasteiger partial charge in [-0.15, -0.1) is 0 Å². The van der Waals surface area contributed by atoms with Crippen molar-refractivity contribution in [2.45, 2.75) is 26.2 Å². The number of aromatic nitrogens is 2. The van der Waals surface area contributed by atoms with E-state index in [2.05, 4.69) is 24.0 Å². The number of carboxylic acids is 1. The summed E-state index contributed by atoms with van der Waals surface area (Å²) in [7, 11) is 1.69. The maximum atomic E-state index is 11.0. The van der Waals surface area contributed by atoms with E-state index in [-0.39, 0.29) is 5.82 Å². The average Bonchev–Trinajstić information content (AvgIpc) is 2.79. The van der Waals surface area contributed by atoms with Crippen molar-refractivity contribution in [3.8, 4) is 11.3 Å². The van der Waals surface area contributed by atoms with E-state index in [4.69, 9.17) is 5.11 Å². The zero-order valence-electron chi connectivity index (χ0n) is 11.3. The van der Waals surface area contributed by atoms with Crippen LogP contribution in [0.2, 0.25) is 0 Å². The molecule has 4 nitrogen and oxygen atoms in total. The normalized spacial score (nSPS) is 10.6. The Bertz CT molecular complexity index is 570. The van der Waals surface area contributed by atoms with Gasteiger partial charge in [-0.3, -0.25) is 0 Å². The number of unbranched alkanes of at least 4 members (excludes halogenated alkanes) is 1. The average molecular weight is 258 g/mol. The van der Waals surface area contributed by atoms with Gasteiger partial charge in [-0.25, -0.2) is 9.78 Å². The van der Waals surface area contributed by atoms with Crippen LogP contribution in [0.5, 0.6) is 0 Å². The van der Waals surface area contributed by atoms with Gasteiger partial charge in [-0.1, -0.05) is 37.6 Å². The molecular weight excluding hydrogens is 240 g/mol. The number of aryl methyl sites for hydroxylation is 2. The third kappa shape index (κ3) is 3.02. The first-order valence-electron chi connectivity index (χ1n) is 6.47. The number of hydrogen-bond acceptors (Lipinski definition) is 2. The highest BCUT2D eigenvalue weighted by Gasteiger charge is 2.12. The van der Waals surface area contributed by atoms with Gasteiger partial charge in [0.1, 0.15) is 0 Å². The van der Waals surface area contributed by atoms with Gasteiger partial charge >= 0.3 is 5.97 Å². The van der Waals surface area contributed by atoms with Crippen molar-refractivity contribution in [2.24, 2.45) is 7.05 Å². The molecule has 0 aliphatic heterocycles. The van der Waals surface area contributed by atoms with Gasteiger partial charge in [0, 0.05) is 18.8 Å². The minimum atomic E-state index is -1.01. The smallest absolute Gasteiger partial charge is 0.372 e. The Morgan fingerprint density at radius 3 is 2.53 bits per heavy atom. The number of rotatable bonds is 5. The number of carbonyl (C=O) groups is 1. The number of carboxylic acid groups (broad SMARTS) is 1. The maximum absolute atomic E-state index is 11.0. The molecule has 2 rings (SSSR count). The fourth-order valence-electron chi connectivity index (χ4n) is 2.03. The van der Waals surface area contributed by atoms with Crippen molar-refractivity contribution in [1.82, 2.24) is 9.55 Å². The minimum Gasteiger partial charge on any atom is -0.475 e. The van der Waals surface area contributed by atoms with Crippen LogP contribution in [-0.2, 0) is 13.5 Å². The van der Waals surface area contributed by atoms with Crippen LogP contribution in [0.3, 0.4) is 0 Å². The summed E-state index contributed by atoms with van der Waals surface area (Å²) in [4.78, 5) is 15.1. The number of nitrogens with zero attached hydrogens (tertiary/aromatic N) is 2. The second-order valence-electron chi connectivity index (χ2n) is 4.67. The van der Waals surface area contributed by atoms with Crippen molar-refractivity contribution in [3.05, 3.63) is 41.9 Å². The Hall–Kier alpha value is -2.10. The number of hydrogen-bond donors (Lipinski definition) is 1. The van der Waals surface area contributed by atoms with Crippen molar-refractivity contribution >= 4 is 5.97 Å². The third-order valence-electron chi connectivity index (χ3n) is 3.14. The fraction of sp³-hybridized carbons (Fsp3) is 0.333. The summed E-state index contributed by atoms with van der Waals surface area (Å²) in [5, 5.41) is 8.98. The van der Waals surface area contributed by atoms with Crippen LogP contribution in [0.15, 0.2) is 30.5 Å². The number of benzene rings is 1. The summed E-state index contributed by atoms with van der Waals surface area (Å²) in [5.41, 5.74) is 2.95. The highest BCUT2D eigenvalue weighted by molar-refractivity contribution is 5.84. The van der Waals surface area contributed by atoms with Crippen LogP contribution in [0, 0.1) is 0 Å². The highest BCUT2D eigenvalue weighted by Crippen LogP contribution is 2.19. The second kappa shape index (κ2) is 5.69. The van der Waals surface area contributed by atoms with Gasteiger partial charge in [-0.05, 0) is 18.4 Å². The summed E-state index contributed by atoms with van der Waals surface area (Å²) in [6.07, 6.45) is 5.19. The highest BCUT2D eigenvalue weighted by atomic mass is 16.4. The van der Waals surface area contributed by atoms with E-state index in [1.54, 1.807) is 13.2 Å². The van der Waals surface area contributed by atoms with Crippen LogP contribution in [0.4, 0.5) is 0 Å². The van der Waals surface area contributed by atoms with Gasteiger partial charge in [0.15, 0.2) is 0 Å². The SMILES string of the molecule is CCCCc1ccc(-c2cn(C)c(C(=O)O)n2)cc1. The summed E-state index contributed by atoms with van der Waals surface area (Å²) in [6, 6.07) is 8.16. The summed E-state index contributed by atoms with van der Waals surface area (Å²) in [6.45, 7) is 2.18. The fourth-order valence-corrected chi connectivity index (χ4v) is 2.03. The molecule has 100 valence electrons. The lowest BCUT2D eigenvalue weighted by Gasteiger charge is -2.01. The van der Waals surface area contributed by atoms with Crippen LogP contribution in [0.25, 0.3) is 11.3 Å². The molecule has 0 aliphatic rings. The molecule has 0 amide bonds. The Labute approximate surface area is 112 Å². The largest absolute Gasteiger partial charge is 0.475 e. The van der Waals surface area contributed by atoms with Crippen LogP contribution in [-0.4, -0.2) is 20.6 Å². The molecule has 19 heavy (non-hydrogen) atoms. The molecule has 0 atom stereocenters. The zero-order valence-corrected chi connectivity index (χ0v) is 11.3. The third-order valence-corrected chi connectivity index (χ3v) is 3.14. The Morgan fingerprint density at radius 1 is 1.32 bits per heavy atom. The van der Waals surface area contributed by atoms with Gasteiger partial charge < -0.3 is 9.67 Å². The molecule has 0 saturated heterocycles. The Morgan fingerprint density at radius 2 is 2.00 bits per heavy atom. The molecule has 1 heterocycles. The summed E-state index contributed by atoms with van der Waals surface area (Å²) >= 11 is 0. The van der Waals surface area contributed by atoms with Gasteiger partial charge in [-0.2, -0.15) is 0 Å². The standard InChI is InChI=1S/C15H18N2O2/c1-3-4-5-11-6-8-12(9-7-11)13-10-17(2)14(16-13)15(18)19/h6-10H,3-5H2,1-2H3,(H,18,19). The molecule has 0 spiro atoms. The van der Waals surface area contributed by atoms with E-state index in [1.807, 2.05) is 12.1 Å². The van der Waals surface area contributed by atoms with Crippen LogP contribution < -0.4 is 0 Å². The molecule has 1 aromatic heterocycles. The van der Waals surface area contributed by atoms with Crippen molar-refractivity contribution < 1.29 is 9.90 Å². The van der Waals surface area contributed by atoms with E-state index in [9.17, 15) is 4.79 Å². The zero-order chi connectivity index (χ0) is 13.8. The Kier molecular flexibility index (Phi) is 4.00. The number of imidazole rings is 1. The van der Waals surface area contributed by atoms with Crippen molar-refractivity contribution in [3.63, 3.8) is 0 Å². The first-order valence-corrected chi connectivity index (χ1v) is 6.47. The molecule has 0 saturated carbocycles. The summed E-state index contributed by atoms with van der Waals surface area (Å²) < 4.78 is 1.53. The van der Waals surface area contributed by atoms with E-state index < -0.39 is 5.97 Å². The minimum absolute atomic E-state index is 0.0602. The topological polar surface area (TPSA) is 55.1 Å². The molecule has 0 unspecified atom stereocenters. The van der Waals surface area contributed by atoms with E-state index in [0.29, 0.717) is 5.69 Å². The van der Waals surface area contributed by atoms with Crippen molar-refractivity contribution in [2.75, 3.05) is 0 Å². The molecule has 0 radical (unpaired) electrons. The lowest BCUT2D eigenvalue weighted by atomic mass is 10.1. The molecule has 0 fully saturated rings. The maximum Gasteiger partial charge on any atom is 0.372 e. The molecular formula is C15H18N2O2. The van der Waals surface area contributed by atoms with Gasteiger partial charge in [0.2, 0.25) is 5.82 Å². The van der Waals surface area contributed by atoms with Crippen LogP contribution in [0.1, 0.15) is 35.9 Å². The Balaban J connectivity index is 2.22. The molecule has 2 aromatic rings. The number of aromatic carboxylic acids is 1. The van der Waals surface area contributed by atoms with E-state index in [1.165, 1.54) is 23.0 Å². The second-order valence-corrected chi connectivity index (χ2v) is 4.67. The summed E-state index contributed by atoms with van der Waals surface area (Å²) in [5.74, 6) is -0.946. The van der Waals surface area contributed by atoms with E-state index in [0.717, 1.165) is 12.0 Å². The lowest BCUT2D eigenvalue weighted by Crippen LogP contribution is -2.04. The first kappa shape index (κ1) is 13.3. The molecule has 1 N–H and O–H groups in total. The lowest BCUT2D eigenvalue weighted by molar-refractivity contribution is 0.0680.